The van der Waals surface area contributed by atoms with Crippen LogP contribution in [-0.4, -0.2) is 15.3 Å². The molecule has 110 valence electrons. The predicted octanol–water partition coefficient (Wildman–Crippen LogP) is 2.67. The second-order valence-corrected chi connectivity index (χ2v) is 5.60. The third kappa shape index (κ3) is 3.10. The highest BCUT2D eigenvalue weighted by atomic mass is 16.2. The van der Waals surface area contributed by atoms with E-state index in [2.05, 4.69) is 4.98 Å². The smallest absolute Gasteiger partial charge is 0.292 e. The molecule has 1 heterocycles. The molecule has 0 amide bonds. The molecule has 0 atom stereocenters. The highest BCUT2D eigenvalue weighted by Gasteiger charge is 2.15. The van der Waals surface area contributed by atoms with Gasteiger partial charge in [0.1, 0.15) is 0 Å². The summed E-state index contributed by atoms with van der Waals surface area (Å²) in [6, 6.07) is 5.79. The number of nitrogens with zero attached hydrogens (tertiary/aromatic N) is 2. The van der Waals surface area contributed by atoms with Gasteiger partial charge in [-0.25, -0.2) is 4.79 Å². The SMILES string of the molecule is Cc1cc(C)c(C(=O)Cn2c(C)cc(C)nc2=O)c(C)c1. The summed E-state index contributed by atoms with van der Waals surface area (Å²) >= 11 is 0. The number of hydrogen-bond acceptors (Lipinski definition) is 3. The first-order chi connectivity index (χ1) is 9.79. The zero-order valence-corrected chi connectivity index (χ0v) is 13.2. The van der Waals surface area contributed by atoms with Gasteiger partial charge in [0.2, 0.25) is 0 Å². The van der Waals surface area contributed by atoms with Crippen molar-refractivity contribution in [1.82, 2.24) is 9.55 Å². The lowest BCUT2D eigenvalue weighted by Gasteiger charge is -2.13. The van der Waals surface area contributed by atoms with Gasteiger partial charge in [0.05, 0.1) is 6.54 Å². The number of ketones is 1. The van der Waals surface area contributed by atoms with Gasteiger partial charge in [0.25, 0.3) is 0 Å². The molecule has 0 fully saturated rings. The van der Waals surface area contributed by atoms with E-state index in [4.69, 9.17) is 0 Å². The highest BCUT2D eigenvalue weighted by molar-refractivity contribution is 5.98. The molecule has 4 nitrogen and oxygen atoms in total. The first-order valence-corrected chi connectivity index (χ1v) is 6.95. The van der Waals surface area contributed by atoms with Crippen LogP contribution in [0.1, 0.15) is 38.4 Å². The van der Waals surface area contributed by atoms with Crippen molar-refractivity contribution in [1.29, 1.82) is 0 Å². The van der Waals surface area contributed by atoms with Gasteiger partial charge in [-0.15, -0.1) is 0 Å². The normalized spacial score (nSPS) is 10.7. The number of Topliss-reactive ketones (excluding diaryl/α,β-unsaturated/α-hetero) is 1. The van der Waals surface area contributed by atoms with E-state index in [-0.39, 0.29) is 18.0 Å². The third-order valence-corrected chi connectivity index (χ3v) is 3.60. The molecule has 0 unspecified atom stereocenters. The number of rotatable bonds is 3. The predicted molar refractivity (Wildman–Crippen MR) is 83.0 cm³/mol. The van der Waals surface area contributed by atoms with Gasteiger partial charge < -0.3 is 0 Å². The van der Waals surface area contributed by atoms with E-state index in [0.29, 0.717) is 11.3 Å². The average Bonchev–Trinajstić information content (AvgIpc) is 2.32. The minimum absolute atomic E-state index is 0.0304. The summed E-state index contributed by atoms with van der Waals surface area (Å²) in [6.45, 7) is 9.48. The maximum atomic E-state index is 12.6. The Labute approximate surface area is 124 Å². The van der Waals surface area contributed by atoms with Crippen LogP contribution in [0.15, 0.2) is 23.0 Å². The van der Waals surface area contributed by atoms with Crippen molar-refractivity contribution in [2.24, 2.45) is 0 Å². The fourth-order valence-corrected chi connectivity index (χ4v) is 2.81. The maximum absolute atomic E-state index is 12.6. The van der Waals surface area contributed by atoms with Crippen molar-refractivity contribution in [3.05, 3.63) is 62.3 Å². The minimum atomic E-state index is -0.372. The van der Waals surface area contributed by atoms with Gasteiger partial charge in [0.15, 0.2) is 5.78 Å². The van der Waals surface area contributed by atoms with Gasteiger partial charge >= 0.3 is 5.69 Å². The molecule has 0 aliphatic heterocycles. The first-order valence-electron chi connectivity index (χ1n) is 6.95. The van der Waals surface area contributed by atoms with E-state index >= 15 is 0 Å². The van der Waals surface area contributed by atoms with E-state index < -0.39 is 0 Å². The third-order valence-electron chi connectivity index (χ3n) is 3.60. The summed E-state index contributed by atoms with van der Waals surface area (Å²) in [5, 5.41) is 0. The van der Waals surface area contributed by atoms with Crippen LogP contribution < -0.4 is 5.69 Å². The van der Waals surface area contributed by atoms with Crippen molar-refractivity contribution < 1.29 is 4.79 Å². The maximum Gasteiger partial charge on any atom is 0.348 e. The molecule has 0 spiro atoms. The van der Waals surface area contributed by atoms with E-state index in [1.54, 1.807) is 6.92 Å². The molecular weight excluding hydrogens is 264 g/mol. The number of benzene rings is 1. The van der Waals surface area contributed by atoms with Gasteiger partial charge in [-0.05, 0) is 51.8 Å². The van der Waals surface area contributed by atoms with Crippen LogP contribution in [0.3, 0.4) is 0 Å². The van der Waals surface area contributed by atoms with E-state index in [0.717, 1.165) is 22.4 Å². The molecular formula is C17H20N2O2. The van der Waals surface area contributed by atoms with Gasteiger partial charge in [-0.2, -0.15) is 4.98 Å². The molecule has 0 saturated carbocycles. The largest absolute Gasteiger partial charge is 0.348 e. The second-order valence-electron chi connectivity index (χ2n) is 5.60. The van der Waals surface area contributed by atoms with Crippen LogP contribution in [0.2, 0.25) is 0 Å². The Bertz CT molecular complexity index is 750. The van der Waals surface area contributed by atoms with Crippen molar-refractivity contribution in [2.75, 3.05) is 0 Å². The topological polar surface area (TPSA) is 52.0 Å². The molecule has 1 aromatic carbocycles. The van der Waals surface area contributed by atoms with Crippen LogP contribution in [-0.2, 0) is 6.54 Å². The number of carbonyl (C=O) groups is 1. The molecule has 2 aromatic rings. The Morgan fingerprint density at radius 1 is 1.05 bits per heavy atom. The standard InChI is InChI=1S/C17H20N2O2/c1-10-6-11(2)16(12(3)7-10)15(20)9-19-14(5)8-13(4)18-17(19)21/h6-8H,9H2,1-5H3. The second kappa shape index (κ2) is 5.64. The fourth-order valence-electron chi connectivity index (χ4n) is 2.81. The van der Waals surface area contributed by atoms with Crippen molar-refractivity contribution in [3.63, 3.8) is 0 Å². The summed E-state index contributed by atoms with van der Waals surface area (Å²) in [4.78, 5) is 28.4. The summed E-state index contributed by atoms with van der Waals surface area (Å²) < 4.78 is 1.42. The molecule has 4 heteroatoms. The lowest BCUT2D eigenvalue weighted by atomic mass is 9.96. The lowest BCUT2D eigenvalue weighted by Crippen LogP contribution is -2.29. The average molecular weight is 284 g/mol. The van der Waals surface area contributed by atoms with E-state index in [9.17, 15) is 9.59 Å². The first kappa shape index (κ1) is 15.2. The minimum Gasteiger partial charge on any atom is -0.292 e. The molecule has 0 aliphatic rings. The van der Waals surface area contributed by atoms with Crippen LogP contribution >= 0.6 is 0 Å². The van der Waals surface area contributed by atoms with Gasteiger partial charge in [0, 0.05) is 17.0 Å². The molecule has 0 aliphatic carbocycles. The van der Waals surface area contributed by atoms with Gasteiger partial charge in [-0.1, -0.05) is 17.7 Å². The van der Waals surface area contributed by atoms with Crippen molar-refractivity contribution in [2.45, 2.75) is 41.2 Å². The fraction of sp³-hybridized carbons (Fsp3) is 0.353. The molecule has 21 heavy (non-hydrogen) atoms. The Morgan fingerprint density at radius 3 is 2.14 bits per heavy atom. The zero-order valence-electron chi connectivity index (χ0n) is 13.2. The number of carbonyl (C=O) groups excluding carboxylic acids is 1. The number of aryl methyl sites for hydroxylation is 5. The van der Waals surface area contributed by atoms with Crippen molar-refractivity contribution in [3.8, 4) is 0 Å². The highest BCUT2D eigenvalue weighted by Crippen LogP contribution is 2.17. The molecule has 0 radical (unpaired) electrons. The number of hydrogen-bond donors (Lipinski definition) is 0. The van der Waals surface area contributed by atoms with E-state index in [1.165, 1.54) is 4.57 Å². The van der Waals surface area contributed by atoms with Crippen LogP contribution in [0.5, 0.6) is 0 Å². The Balaban J connectivity index is 2.42. The van der Waals surface area contributed by atoms with Gasteiger partial charge in [-0.3, -0.25) is 9.36 Å². The molecule has 1 aromatic heterocycles. The summed E-state index contributed by atoms with van der Waals surface area (Å²) in [7, 11) is 0. The molecule has 0 saturated heterocycles. The summed E-state index contributed by atoms with van der Waals surface area (Å²) in [5.74, 6) is -0.0548. The van der Waals surface area contributed by atoms with Crippen LogP contribution in [0.4, 0.5) is 0 Å². The zero-order chi connectivity index (χ0) is 15.7. The number of aromatic nitrogens is 2. The molecule has 2 rings (SSSR count). The summed E-state index contributed by atoms with van der Waals surface area (Å²) in [6.07, 6.45) is 0. The molecule has 0 bridgehead atoms. The van der Waals surface area contributed by atoms with E-state index in [1.807, 2.05) is 45.9 Å². The van der Waals surface area contributed by atoms with Crippen molar-refractivity contribution >= 4 is 5.78 Å². The Kier molecular flexibility index (Phi) is 4.07. The Morgan fingerprint density at radius 2 is 1.62 bits per heavy atom. The Hall–Kier alpha value is -2.23. The molecule has 0 N–H and O–H groups in total. The lowest BCUT2D eigenvalue weighted by molar-refractivity contribution is 0.0968. The van der Waals surface area contributed by atoms with Crippen LogP contribution in [0, 0.1) is 34.6 Å². The quantitative estimate of drug-likeness (QED) is 0.814. The van der Waals surface area contributed by atoms with Crippen LogP contribution in [0.25, 0.3) is 0 Å². The summed E-state index contributed by atoms with van der Waals surface area (Å²) in [5.41, 5.74) is 4.78. The monoisotopic (exact) mass is 284 g/mol.